The maximum absolute atomic E-state index is 13.8. The SMILES string of the molecule is CCCCCCCCCCCCCCCCCCN(C(=O)CCCCCCCCCCCCCCCCC)[C@@H]1O[C@H](CO)[C@@H](O)[C@H](O)[C@H]1NC(=O)CCC(=O)O. The molecule has 56 heavy (non-hydrogen) atoms. The number of hydrogen-bond donors (Lipinski definition) is 5. The molecule has 5 N–H and O–H groups in total. The molecule has 1 fully saturated rings. The molecule has 1 aliphatic heterocycles. The molecule has 10 heteroatoms. The largest absolute Gasteiger partial charge is 0.481 e. The first kappa shape index (κ1) is 52.3. The third kappa shape index (κ3) is 26.3. The lowest BCUT2D eigenvalue weighted by Crippen LogP contribution is -2.68. The highest BCUT2D eigenvalue weighted by atomic mass is 16.5. The van der Waals surface area contributed by atoms with Crippen LogP contribution in [-0.2, 0) is 19.1 Å². The number of hydrogen-bond acceptors (Lipinski definition) is 7. The van der Waals surface area contributed by atoms with Gasteiger partial charge in [0.2, 0.25) is 11.8 Å². The van der Waals surface area contributed by atoms with Gasteiger partial charge in [-0.05, 0) is 12.8 Å². The van der Waals surface area contributed by atoms with Crippen molar-refractivity contribution < 1.29 is 39.5 Å². The van der Waals surface area contributed by atoms with Crippen LogP contribution in [0.25, 0.3) is 0 Å². The summed E-state index contributed by atoms with van der Waals surface area (Å²) in [6.07, 6.45) is 32.7. The Morgan fingerprint density at radius 3 is 1.27 bits per heavy atom. The van der Waals surface area contributed by atoms with Gasteiger partial charge in [-0.1, -0.05) is 200 Å². The monoisotopic (exact) mass is 797 g/mol. The third-order valence-electron chi connectivity index (χ3n) is 11.7. The van der Waals surface area contributed by atoms with E-state index in [-0.39, 0.29) is 18.7 Å². The van der Waals surface area contributed by atoms with Gasteiger partial charge < -0.3 is 35.4 Å². The highest BCUT2D eigenvalue weighted by Gasteiger charge is 2.48. The van der Waals surface area contributed by atoms with E-state index in [0.29, 0.717) is 13.0 Å². The number of aliphatic hydroxyl groups excluding tert-OH is 3. The smallest absolute Gasteiger partial charge is 0.303 e. The van der Waals surface area contributed by atoms with Crippen molar-refractivity contribution in [2.45, 2.75) is 263 Å². The fourth-order valence-corrected chi connectivity index (χ4v) is 8.01. The third-order valence-corrected chi connectivity index (χ3v) is 11.7. The van der Waals surface area contributed by atoms with E-state index in [1.54, 1.807) is 4.90 Å². The molecule has 0 bridgehead atoms. The van der Waals surface area contributed by atoms with E-state index in [9.17, 15) is 29.7 Å². The fraction of sp³-hybridized carbons (Fsp3) is 0.935. The van der Waals surface area contributed by atoms with Crippen molar-refractivity contribution in [1.29, 1.82) is 0 Å². The van der Waals surface area contributed by atoms with Crippen LogP contribution in [0.4, 0.5) is 0 Å². The first-order valence-electron chi connectivity index (χ1n) is 23.7. The van der Waals surface area contributed by atoms with Gasteiger partial charge in [0.15, 0.2) is 6.23 Å². The van der Waals surface area contributed by atoms with Crippen molar-refractivity contribution in [3.63, 3.8) is 0 Å². The maximum atomic E-state index is 13.8. The number of aliphatic carboxylic acids is 1. The molecule has 0 aliphatic carbocycles. The topological polar surface area (TPSA) is 157 Å². The second kappa shape index (κ2) is 36.3. The number of carbonyl (C=O) groups is 3. The van der Waals surface area contributed by atoms with Crippen LogP contribution >= 0.6 is 0 Å². The predicted octanol–water partition coefficient (Wildman–Crippen LogP) is 10.1. The summed E-state index contributed by atoms with van der Waals surface area (Å²) in [7, 11) is 0. The second-order valence-electron chi connectivity index (χ2n) is 16.8. The number of rotatable bonds is 39. The van der Waals surface area contributed by atoms with Crippen LogP contribution in [0, 0.1) is 0 Å². The standard InChI is InChI=1S/C46H88N2O8/c1-3-5-7-9-11-13-15-17-19-21-23-25-27-29-31-33-37-48(41(51)34-32-30-28-26-24-22-20-18-16-14-12-10-8-6-4-2)46-43(47-40(50)35-36-42(52)53)45(55)44(54)39(38-49)56-46/h39,43-46,49,54-55H,3-38H2,1-2H3,(H,47,50)(H,52,53)/t39-,43-,44-,45-,46-/m1/s1. The van der Waals surface area contributed by atoms with Crippen molar-refractivity contribution >= 4 is 17.8 Å². The Balaban J connectivity index is 2.59. The van der Waals surface area contributed by atoms with Gasteiger partial charge in [-0.3, -0.25) is 14.4 Å². The highest BCUT2D eigenvalue weighted by Crippen LogP contribution is 2.26. The minimum atomic E-state index is -1.51. The minimum Gasteiger partial charge on any atom is -0.481 e. The van der Waals surface area contributed by atoms with E-state index in [4.69, 9.17) is 9.84 Å². The lowest BCUT2D eigenvalue weighted by Gasteiger charge is -2.47. The molecule has 10 nitrogen and oxygen atoms in total. The number of nitrogens with one attached hydrogen (secondary N) is 1. The molecule has 0 unspecified atom stereocenters. The van der Waals surface area contributed by atoms with Crippen molar-refractivity contribution in [2.75, 3.05) is 13.2 Å². The molecule has 1 rings (SSSR count). The summed E-state index contributed by atoms with van der Waals surface area (Å²) in [6, 6.07) is -1.17. The molecule has 1 aliphatic rings. The Labute approximate surface area is 342 Å². The molecule has 1 saturated heterocycles. The molecule has 2 amide bonds. The summed E-state index contributed by atoms with van der Waals surface area (Å²) in [6.45, 7) is 4.32. The van der Waals surface area contributed by atoms with E-state index >= 15 is 0 Å². The van der Waals surface area contributed by atoms with Crippen LogP contribution in [0.2, 0.25) is 0 Å². The zero-order valence-corrected chi connectivity index (χ0v) is 36.2. The average molecular weight is 797 g/mol. The van der Waals surface area contributed by atoms with Gasteiger partial charge in [0.1, 0.15) is 24.4 Å². The van der Waals surface area contributed by atoms with Gasteiger partial charge in [-0.2, -0.15) is 0 Å². The van der Waals surface area contributed by atoms with Gasteiger partial charge in [0.05, 0.1) is 13.0 Å². The quantitative estimate of drug-likeness (QED) is 0.0385. The lowest BCUT2D eigenvalue weighted by atomic mass is 9.94. The fourth-order valence-electron chi connectivity index (χ4n) is 8.01. The average Bonchev–Trinajstić information content (AvgIpc) is 3.18. The van der Waals surface area contributed by atoms with Gasteiger partial charge in [-0.25, -0.2) is 0 Å². The number of carbonyl (C=O) groups excluding carboxylic acids is 2. The van der Waals surface area contributed by atoms with Gasteiger partial charge in [0, 0.05) is 19.4 Å². The first-order chi connectivity index (χ1) is 27.3. The van der Waals surface area contributed by atoms with E-state index in [1.165, 1.54) is 148 Å². The van der Waals surface area contributed by atoms with Crippen LogP contribution in [0.15, 0.2) is 0 Å². The first-order valence-corrected chi connectivity index (χ1v) is 23.7. The van der Waals surface area contributed by atoms with Gasteiger partial charge >= 0.3 is 5.97 Å². The Kier molecular flexibility index (Phi) is 33.9. The Morgan fingerprint density at radius 1 is 0.518 bits per heavy atom. The van der Waals surface area contributed by atoms with Crippen LogP contribution in [-0.4, -0.2) is 86.8 Å². The Bertz CT molecular complexity index is 952. The molecule has 0 radical (unpaired) electrons. The normalized spacial score (nSPS) is 19.6. The molecule has 5 atom stereocenters. The summed E-state index contributed by atoms with van der Waals surface area (Å²) in [5, 5.41) is 43.4. The molecule has 330 valence electrons. The number of aliphatic hydroxyl groups is 3. The zero-order valence-electron chi connectivity index (χ0n) is 36.2. The predicted molar refractivity (Wildman–Crippen MR) is 227 cm³/mol. The van der Waals surface area contributed by atoms with E-state index < -0.39 is 49.1 Å². The van der Waals surface area contributed by atoms with Crippen molar-refractivity contribution in [1.82, 2.24) is 10.2 Å². The zero-order chi connectivity index (χ0) is 41.1. The number of amides is 2. The van der Waals surface area contributed by atoms with Crippen LogP contribution in [0.1, 0.15) is 232 Å². The summed E-state index contributed by atoms with van der Waals surface area (Å²) in [4.78, 5) is 39.2. The summed E-state index contributed by atoms with van der Waals surface area (Å²) in [5.74, 6) is -1.88. The van der Waals surface area contributed by atoms with Crippen molar-refractivity contribution in [2.24, 2.45) is 0 Å². The molecule has 0 aromatic carbocycles. The van der Waals surface area contributed by atoms with E-state index in [2.05, 4.69) is 19.2 Å². The minimum absolute atomic E-state index is 0.143. The number of unbranched alkanes of at least 4 members (excludes halogenated alkanes) is 29. The highest BCUT2D eigenvalue weighted by molar-refractivity contribution is 5.81. The lowest BCUT2D eigenvalue weighted by molar-refractivity contribution is -0.231. The van der Waals surface area contributed by atoms with Gasteiger partial charge in [0.25, 0.3) is 0 Å². The molecular weight excluding hydrogens is 709 g/mol. The number of nitrogens with zero attached hydrogens (tertiary/aromatic N) is 1. The Morgan fingerprint density at radius 2 is 0.893 bits per heavy atom. The number of carboxylic acids is 1. The van der Waals surface area contributed by atoms with Crippen LogP contribution < -0.4 is 5.32 Å². The van der Waals surface area contributed by atoms with Gasteiger partial charge in [-0.15, -0.1) is 0 Å². The molecular formula is C46H88N2O8. The van der Waals surface area contributed by atoms with Crippen LogP contribution in [0.3, 0.4) is 0 Å². The van der Waals surface area contributed by atoms with Crippen molar-refractivity contribution in [3.05, 3.63) is 0 Å². The Hall–Kier alpha value is -1.75. The van der Waals surface area contributed by atoms with E-state index in [1.807, 2.05) is 0 Å². The molecule has 0 saturated carbocycles. The molecule has 0 spiro atoms. The molecule has 0 aromatic heterocycles. The summed E-state index contributed by atoms with van der Waals surface area (Å²) in [5.41, 5.74) is 0. The molecule has 1 heterocycles. The number of ether oxygens (including phenoxy) is 1. The number of carboxylic acid groups (broad SMARTS) is 1. The molecule has 0 aromatic rings. The van der Waals surface area contributed by atoms with Crippen molar-refractivity contribution in [3.8, 4) is 0 Å². The summed E-state index contributed by atoms with van der Waals surface area (Å²) >= 11 is 0. The summed E-state index contributed by atoms with van der Waals surface area (Å²) < 4.78 is 6.06. The van der Waals surface area contributed by atoms with E-state index in [0.717, 1.165) is 51.4 Å². The maximum Gasteiger partial charge on any atom is 0.303 e. The second-order valence-corrected chi connectivity index (χ2v) is 16.8. The van der Waals surface area contributed by atoms with Crippen LogP contribution in [0.5, 0.6) is 0 Å².